The Bertz CT molecular complexity index is 480. The lowest BCUT2D eigenvalue weighted by molar-refractivity contribution is -0.137. The molecule has 4 N–H and O–H groups in total. The Morgan fingerprint density at radius 2 is 2.11 bits per heavy atom. The van der Waals surface area contributed by atoms with Crippen LogP contribution in [0.15, 0.2) is 18.2 Å². The smallest absolute Gasteiger partial charge is 0.387 e. The van der Waals surface area contributed by atoms with Crippen LogP contribution in [0.4, 0.5) is 8.78 Å². The average molecular weight is 274 g/mol. The fourth-order valence-corrected chi connectivity index (χ4v) is 1.31. The van der Waals surface area contributed by atoms with Crippen LogP contribution in [0.5, 0.6) is 11.5 Å². The Kier molecular flexibility index (Phi) is 5.04. The number of phenolic OH excluding ortho intramolecular Hbond substituents is 1. The molecule has 0 unspecified atom stereocenters. The van der Waals surface area contributed by atoms with Gasteiger partial charge in [-0.3, -0.25) is 9.59 Å². The van der Waals surface area contributed by atoms with Crippen LogP contribution in [0.1, 0.15) is 5.56 Å². The molecule has 0 spiro atoms. The van der Waals surface area contributed by atoms with Crippen molar-refractivity contribution >= 4 is 11.8 Å². The van der Waals surface area contributed by atoms with E-state index in [1.165, 1.54) is 18.2 Å². The second-order valence-electron chi connectivity index (χ2n) is 3.55. The van der Waals surface area contributed by atoms with E-state index in [0.29, 0.717) is 5.56 Å². The molecule has 0 aliphatic rings. The third-order valence-corrected chi connectivity index (χ3v) is 2.16. The third-order valence-electron chi connectivity index (χ3n) is 2.16. The maximum absolute atomic E-state index is 12.0. The highest BCUT2D eigenvalue weighted by atomic mass is 19.3. The summed E-state index contributed by atoms with van der Waals surface area (Å²) in [6.07, 6.45) is 0.263. The van der Waals surface area contributed by atoms with Crippen LogP contribution in [0.3, 0.4) is 0 Å². The first-order valence-corrected chi connectivity index (χ1v) is 5.24. The molecule has 0 saturated carbocycles. The summed E-state index contributed by atoms with van der Waals surface area (Å²) in [7, 11) is 0. The first-order chi connectivity index (χ1) is 8.90. The van der Waals surface area contributed by atoms with Gasteiger partial charge >= 0.3 is 18.4 Å². The maximum Gasteiger partial charge on any atom is 0.387 e. The highest BCUT2D eigenvalue weighted by Gasteiger charge is 2.11. The van der Waals surface area contributed by atoms with E-state index in [2.05, 4.69) is 10.1 Å². The molecule has 0 aromatic heterocycles. The Hall–Kier alpha value is -2.38. The summed E-state index contributed by atoms with van der Waals surface area (Å²) in [4.78, 5) is 21.3. The van der Waals surface area contributed by atoms with Gasteiger partial charge in [0.05, 0.1) is 0 Å². The Labute approximate surface area is 107 Å². The molecule has 19 heavy (non-hydrogen) atoms. The number of nitrogens with one attached hydrogen (secondary N) is 1. The molecule has 0 saturated heterocycles. The van der Waals surface area contributed by atoms with Gasteiger partial charge in [0.15, 0.2) is 11.5 Å². The molecule has 1 aromatic rings. The number of benzene rings is 1. The van der Waals surface area contributed by atoms with Gasteiger partial charge in [0, 0.05) is 6.54 Å². The van der Waals surface area contributed by atoms with Gasteiger partial charge in [-0.2, -0.15) is 8.78 Å². The number of rotatable bonds is 5. The van der Waals surface area contributed by atoms with Crippen molar-refractivity contribution in [1.29, 1.82) is 0 Å². The minimum absolute atomic E-state index is 0.0979. The lowest BCUT2D eigenvalue weighted by Crippen LogP contribution is -2.37. The molecule has 0 fully saturated rings. The summed E-state index contributed by atoms with van der Waals surface area (Å²) in [6.45, 7) is -2.95. The quantitative estimate of drug-likeness (QED) is 0.664. The largest absolute Gasteiger partial charge is 0.504 e. The van der Waals surface area contributed by atoms with Gasteiger partial charge in [0.1, 0.15) is 0 Å². The van der Waals surface area contributed by atoms with Crippen molar-refractivity contribution in [2.75, 3.05) is 6.54 Å². The molecule has 0 aliphatic carbocycles. The first-order valence-electron chi connectivity index (χ1n) is 5.24. The fourth-order valence-electron chi connectivity index (χ4n) is 1.31. The van der Waals surface area contributed by atoms with E-state index < -0.39 is 24.2 Å². The van der Waals surface area contributed by atoms with E-state index in [4.69, 9.17) is 5.73 Å². The number of carbonyl (C=O) groups excluding carboxylic acids is 2. The van der Waals surface area contributed by atoms with E-state index in [0.717, 1.165) is 0 Å². The number of primary amides is 1. The average Bonchev–Trinajstić information content (AvgIpc) is 2.32. The molecule has 0 bridgehead atoms. The zero-order valence-corrected chi connectivity index (χ0v) is 9.73. The van der Waals surface area contributed by atoms with Gasteiger partial charge in [0.25, 0.3) is 0 Å². The Morgan fingerprint density at radius 3 is 2.68 bits per heavy atom. The lowest BCUT2D eigenvalue weighted by atomic mass is 10.1. The second-order valence-corrected chi connectivity index (χ2v) is 3.55. The van der Waals surface area contributed by atoms with E-state index in [1.54, 1.807) is 0 Å². The van der Waals surface area contributed by atoms with Crippen molar-refractivity contribution in [3.8, 4) is 11.5 Å². The summed E-state index contributed by atoms with van der Waals surface area (Å²) < 4.78 is 28.2. The van der Waals surface area contributed by atoms with Crippen molar-refractivity contribution in [3.63, 3.8) is 0 Å². The molecule has 6 nitrogen and oxygen atoms in total. The Balaban J connectivity index is 2.59. The van der Waals surface area contributed by atoms with Gasteiger partial charge in [-0.1, -0.05) is 6.07 Å². The number of hydrogen-bond donors (Lipinski definition) is 3. The van der Waals surface area contributed by atoms with Gasteiger partial charge in [-0.15, -0.1) is 0 Å². The highest BCUT2D eigenvalue weighted by Crippen LogP contribution is 2.28. The number of phenols is 1. The summed E-state index contributed by atoms with van der Waals surface area (Å²) >= 11 is 0. The van der Waals surface area contributed by atoms with Crippen LogP contribution in [0, 0.1) is 0 Å². The molecule has 0 aliphatic heterocycles. The first kappa shape index (κ1) is 14.7. The van der Waals surface area contributed by atoms with Crippen LogP contribution in [0.25, 0.3) is 0 Å². The zero-order chi connectivity index (χ0) is 14.4. The minimum Gasteiger partial charge on any atom is -0.504 e. The van der Waals surface area contributed by atoms with Gasteiger partial charge in [-0.05, 0) is 24.1 Å². The molecular weight excluding hydrogens is 262 g/mol. The van der Waals surface area contributed by atoms with Gasteiger partial charge in [0.2, 0.25) is 0 Å². The molecule has 0 atom stereocenters. The number of carbonyl (C=O) groups is 2. The predicted molar refractivity (Wildman–Crippen MR) is 60.6 cm³/mol. The van der Waals surface area contributed by atoms with E-state index in [9.17, 15) is 23.5 Å². The fraction of sp³-hybridized carbons (Fsp3) is 0.273. The molecule has 1 rings (SSSR count). The monoisotopic (exact) mass is 274 g/mol. The van der Waals surface area contributed by atoms with Crippen LogP contribution in [-0.4, -0.2) is 30.1 Å². The Morgan fingerprint density at radius 1 is 1.42 bits per heavy atom. The summed E-state index contributed by atoms with van der Waals surface area (Å²) in [5.74, 6) is -2.80. The van der Waals surface area contributed by atoms with Crippen molar-refractivity contribution < 1.29 is 28.2 Å². The molecule has 104 valence electrons. The van der Waals surface area contributed by atoms with Crippen LogP contribution in [-0.2, 0) is 16.0 Å². The van der Waals surface area contributed by atoms with Crippen molar-refractivity contribution in [1.82, 2.24) is 5.32 Å². The minimum atomic E-state index is -3.05. The third kappa shape index (κ3) is 4.78. The molecular formula is C11H12F2N2O4. The number of ether oxygens (including phenoxy) is 1. The SMILES string of the molecule is NC(=O)C(=O)NCCc1ccc(O)c(OC(F)F)c1. The number of amides is 2. The molecule has 1 aromatic carbocycles. The summed E-state index contributed by atoms with van der Waals surface area (Å²) in [6, 6.07) is 3.89. The number of alkyl halides is 2. The highest BCUT2D eigenvalue weighted by molar-refractivity contribution is 6.34. The van der Waals surface area contributed by atoms with Crippen LogP contribution in [0.2, 0.25) is 0 Å². The van der Waals surface area contributed by atoms with E-state index in [1.807, 2.05) is 0 Å². The van der Waals surface area contributed by atoms with Gasteiger partial charge < -0.3 is 20.9 Å². The normalized spacial score (nSPS) is 10.3. The van der Waals surface area contributed by atoms with E-state index >= 15 is 0 Å². The van der Waals surface area contributed by atoms with Gasteiger partial charge in [-0.25, -0.2) is 0 Å². The van der Waals surface area contributed by atoms with Crippen molar-refractivity contribution in [2.24, 2.45) is 5.73 Å². The summed E-state index contributed by atoms with van der Waals surface area (Å²) in [5, 5.41) is 11.5. The second kappa shape index (κ2) is 6.53. The van der Waals surface area contributed by atoms with Crippen molar-refractivity contribution in [2.45, 2.75) is 13.0 Å². The van der Waals surface area contributed by atoms with Crippen LogP contribution >= 0.6 is 0 Å². The van der Waals surface area contributed by atoms with E-state index in [-0.39, 0.29) is 18.7 Å². The predicted octanol–water partition coefficient (Wildman–Crippen LogP) is 0.138. The number of halogens is 2. The topological polar surface area (TPSA) is 102 Å². The number of hydrogen-bond acceptors (Lipinski definition) is 4. The van der Waals surface area contributed by atoms with Crippen LogP contribution < -0.4 is 15.8 Å². The van der Waals surface area contributed by atoms with Crippen molar-refractivity contribution in [3.05, 3.63) is 23.8 Å². The molecule has 0 heterocycles. The number of nitrogens with two attached hydrogens (primary N) is 1. The zero-order valence-electron chi connectivity index (χ0n) is 9.73. The molecule has 0 radical (unpaired) electrons. The molecule has 2 amide bonds. The standard InChI is InChI=1S/C11H12F2N2O4/c12-11(13)19-8-5-6(1-2-7(8)16)3-4-15-10(18)9(14)17/h1-2,5,11,16H,3-4H2,(H2,14,17)(H,15,18). The maximum atomic E-state index is 12.0. The summed E-state index contributed by atoms with van der Waals surface area (Å²) in [5.41, 5.74) is 5.27. The lowest BCUT2D eigenvalue weighted by Gasteiger charge is -2.09. The number of aromatic hydroxyl groups is 1. The molecule has 8 heteroatoms.